The molecule has 4 nitrogen and oxygen atoms in total. The maximum absolute atomic E-state index is 13.7. The van der Waals surface area contributed by atoms with E-state index in [9.17, 15) is 48.7 Å². The molecule has 0 radical (unpaired) electrons. The van der Waals surface area contributed by atoms with E-state index in [1.54, 1.807) is 0 Å². The Bertz CT molecular complexity index is 1410. The molecule has 214 valence electrons. The number of rotatable bonds is 4. The van der Waals surface area contributed by atoms with E-state index in [1.165, 1.54) is 13.0 Å². The summed E-state index contributed by atoms with van der Waals surface area (Å²) in [6.45, 7) is 0.699. The maximum atomic E-state index is 13.7. The zero-order valence-electron chi connectivity index (χ0n) is 20.2. The molecule has 0 bridgehead atoms. The standard InChI is InChI=1S/C26H18F10N2O2/c1-12-22(14-6-17(25(31,32)33)10-18(7-14)26(34,35)36)40-23(39)38(12)11-15-8-16(24(28,29)30)3-4-19(15)13-2-5-20(27)21(37)9-13/h2-10,12,22H,11,37H2,1H3/t12-,22-/m0/s1. The number of hydrogen-bond acceptors (Lipinski definition) is 3. The zero-order valence-corrected chi connectivity index (χ0v) is 20.2. The fourth-order valence-electron chi connectivity index (χ4n) is 4.38. The number of nitrogens with zero attached hydrogens (tertiary/aromatic N) is 1. The van der Waals surface area contributed by atoms with Gasteiger partial charge in [0.15, 0.2) is 0 Å². The minimum absolute atomic E-state index is 0.0774. The van der Waals surface area contributed by atoms with Gasteiger partial charge in [-0.25, -0.2) is 9.18 Å². The van der Waals surface area contributed by atoms with Gasteiger partial charge in [0.25, 0.3) is 0 Å². The molecule has 1 aliphatic rings. The third-order valence-electron chi connectivity index (χ3n) is 6.41. The number of benzene rings is 3. The number of alkyl halides is 9. The fourth-order valence-corrected chi connectivity index (χ4v) is 4.38. The van der Waals surface area contributed by atoms with Gasteiger partial charge in [-0.05, 0) is 71.6 Å². The summed E-state index contributed by atoms with van der Waals surface area (Å²) in [5, 5.41) is 0. The van der Waals surface area contributed by atoms with Gasteiger partial charge >= 0.3 is 24.6 Å². The minimum atomic E-state index is -5.15. The lowest BCUT2D eigenvalue weighted by Crippen LogP contribution is -2.32. The fraction of sp³-hybridized carbons (Fsp3) is 0.269. The Labute approximate surface area is 219 Å². The highest BCUT2D eigenvalue weighted by atomic mass is 19.4. The number of carbonyl (C=O) groups is 1. The van der Waals surface area contributed by atoms with Crippen molar-refractivity contribution in [2.45, 2.75) is 44.1 Å². The molecule has 0 aromatic heterocycles. The molecular weight excluding hydrogens is 562 g/mol. The quantitative estimate of drug-likeness (QED) is 0.250. The molecule has 2 N–H and O–H groups in total. The molecule has 1 heterocycles. The van der Waals surface area contributed by atoms with E-state index in [0.717, 1.165) is 35.2 Å². The normalized spacial score (nSPS) is 18.3. The van der Waals surface area contributed by atoms with Crippen LogP contribution in [-0.2, 0) is 29.8 Å². The van der Waals surface area contributed by atoms with Gasteiger partial charge < -0.3 is 10.5 Å². The molecule has 1 amide bonds. The van der Waals surface area contributed by atoms with Crippen LogP contribution in [0.25, 0.3) is 11.1 Å². The van der Waals surface area contributed by atoms with Crippen LogP contribution in [-0.4, -0.2) is 17.0 Å². The van der Waals surface area contributed by atoms with Crippen molar-refractivity contribution in [1.82, 2.24) is 4.90 Å². The highest BCUT2D eigenvalue weighted by Gasteiger charge is 2.43. The summed E-state index contributed by atoms with van der Waals surface area (Å²) >= 11 is 0. The number of halogens is 10. The van der Waals surface area contributed by atoms with Crippen LogP contribution in [0.5, 0.6) is 0 Å². The molecule has 14 heteroatoms. The minimum Gasteiger partial charge on any atom is -0.439 e. The van der Waals surface area contributed by atoms with Gasteiger partial charge in [-0.15, -0.1) is 0 Å². The first-order chi connectivity index (χ1) is 18.4. The predicted octanol–water partition coefficient (Wildman–Crippen LogP) is 8.21. The summed E-state index contributed by atoms with van der Waals surface area (Å²) in [4.78, 5) is 13.6. The second-order valence-corrected chi connectivity index (χ2v) is 9.12. The molecule has 0 unspecified atom stereocenters. The van der Waals surface area contributed by atoms with Crippen molar-refractivity contribution in [3.8, 4) is 11.1 Å². The van der Waals surface area contributed by atoms with Gasteiger partial charge in [-0.1, -0.05) is 12.1 Å². The molecule has 4 rings (SSSR count). The van der Waals surface area contributed by atoms with Gasteiger partial charge in [-0.2, -0.15) is 39.5 Å². The number of cyclic esters (lactones) is 1. The monoisotopic (exact) mass is 580 g/mol. The maximum Gasteiger partial charge on any atom is 0.416 e. The number of nitrogen functional groups attached to an aromatic ring is 1. The lowest BCUT2D eigenvalue weighted by molar-refractivity contribution is -0.143. The lowest BCUT2D eigenvalue weighted by atomic mass is 9.95. The number of anilines is 1. The Morgan fingerprint density at radius 3 is 1.90 bits per heavy atom. The van der Waals surface area contributed by atoms with E-state index < -0.39 is 71.4 Å². The molecule has 40 heavy (non-hydrogen) atoms. The third kappa shape index (κ3) is 5.80. The van der Waals surface area contributed by atoms with Gasteiger partial charge in [0, 0.05) is 0 Å². The number of hydrogen-bond donors (Lipinski definition) is 1. The Balaban J connectivity index is 1.75. The van der Waals surface area contributed by atoms with Gasteiger partial charge in [0.2, 0.25) is 0 Å². The highest BCUT2D eigenvalue weighted by Crippen LogP contribution is 2.42. The Kier molecular flexibility index (Phi) is 7.18. The second-order valence-electron chi connectivity index (χ2n) is 9.12. The molecule has 3 aromatic carbocycles. The largest absolute Gasteiger partial charge is 0.439 e. The van der Waals surface area contributed by atoms with Crippen LogP contribution >= 0.6 is 0 Å². The first kappa shape index (κ1) is 29.0. The van der Waals surface area contributed by atoms with Crippen molar-refractivity contribution in [3.63, 3.8) is 0 Å². The van der Waals surface area contributed by atoms with Gasteiger partial charge in [-0.3, -0.25) is 4.90 Å². The Morgan fingerprint density at radius 1 is 0.800 bits per heavy atom. The zero-order chi connectivity index (χ0) is 29.8. The van der Waals surface area contributed by atoms with Crippen LogP contribution in [0.15, 0.2) is 54.6 Å². The molecule has 1 saturated heterocycles. The number of amides is 1. The molecule has 3 aromatic rings. The smallest absolute Gasteiger partial charge is 0.416 e. The predicted molar refractivity (Wildman–Crippen MR) is 122 cm³/mol. The van der Waals surface area contributed by atoms with Crippen LogP contribution in [0.4, 0.5) is 54.4 Å². The van der Waals surface area contributed by atoms with Crippen LogP contribution < -0.4 is 5.73 Å². The summed E-state index contributed by atoms with van der Waals surface area (Å²) in [5.74, 6) is -0.781. The van der Waals surface area contributed by atoms with Crippen molar-refractivity contribution >= 4 is 11.8 Å². The Morgan fingerprint density at radius 2 is 1.38 bits per heavy atom. The van der Waals surface area contributed by atoms with Crippen LogP contribution in [0.1, 0.15) is 40.8 Å². The summed E-state index contributed by atoms with van der Waals surface area (Å²) in [6, 6.07) is 5.53. The molecule has 1 aliphatic heterocycles. The number of carbonyl (C=O) groups excluding carboxylic acids is 1. The van der Waals surface area contributed by atoms with Crippen molar-refractivity contribution in [1.29, 1.82) is 0 Å². The summed E-state index contributed by atoms with van der Waals surface area (Å²) < 4.78 is 139. The SMILES string of the molecule is C[C@H]1[C@@H](c2cc(C(F)(F)F)cc(C(F)(F)F)c2)OC(=O)N1Cc1cc(C(F)(F)F)ccc1-c1ccc(F)c(N)c1. The van der Waals surface area contributed by atoms with E-state index in [4.69, 9.17) is 10.5 Å². The van der Waals surface area contributed by atoms with Crippen molar-refractivity contribution < 1.29 is 53.4 Å². The molecule has 1 fully saturated rings. The van der Waals surface area contributed by atoms with Crippen LogP contribution in [0.3, 0.4) is 0 Å². The van der Waals surface area contributed by atoms with Crippen molar-refractivity contribution in [2.24, 2.45) is 0 Å². The molecular formula is C26H18F10N2O2. The molecule has 0 aliphatic carbocycles. The average Bonchev–Trinajstić information content (AvgIpc) is 3.12. The van der Waals surface area contributed by atoms with Crippen LogP contribution in [0.2, 0.25) is 0 Å². The van der Waals surface area contributed by atoms with E-state index in [2.05, 4.69) is 0 Å². The number of nitrogens with two attached hydrogens (primary N) is 1. The van der Waals surface area contributed by atoms with E-state index >= 15 is 0 Å². The second kappa shape index (κ2) is 9.89. The van der Waals surface area contributed by atoms with Crippen molar-refractivity contribution in [2.75, 3.05) is 5.73 Å². The highest BCUT2D eigenvalue weighted by molar-refractivity contribution is 5.74. The summed E-state index contributed by atoms with van der Waals surface area (Å²) in [6.07, 6.45) is -17.9. The lowest BCUT2D eigenvalue weighted by Gasteiger charge is -2.24. The number of ether oxygens (including phenoxy) is 1. The van der Waals surface area contributed by atoms with E-state index in [0.29, 0.717) is 12.1 Å². The van der Waals surface area contributed by atoms with Crippen LogP contribution in [0, 0.1) is 5.82 Å². The molecule has 0 saturated carbocycles. The topological polar surface area (TPSA) is 55.6 Å². The summed E-state index contributed by atoms with van der Waals surface area (Å²) in [7, 11) is 0. The molecule has 2 atom stereocenters. The van der Waals surface area contributed by atoms with Gasteiger partial charge in [0.05, 0.1) is 35.0 Å². The Hall–Kier alpha value is -3.97. The van der Waals surface area contributed by atoms with E-state index in [1.807, 2.05) is 0 Å². The van der Waals surface area contributed by atoms with E-state index in [-0.39, 0.29) is 28.4 Å². The first-order valence-electron chi connectivity index (χ1n) is 11.4. The van der Waals surface area contributed by atoms with Crippen molar-refractivity contribution in [3.05, 3.63) is 88.2 Å². The average molecular weight is 580 g/mol. The summed E-state index contributed by atoms with van der Waals surface area (Å²) in [5.41, 5.74) is 0.578. The first-order valence-corrected chi connectivity index (χ1v) is 11.4. The third-order valence-corrected chi connectivity index (χ3v) is 6.41. The van der Waals surface area contributed by atoms with Gasteiger partial charge in [0.1, 0.15) is 11.9 Å². The molecule has 0 spiro atoms.